The fourth-order valence-electron chi connectivity index (χ4n) is 2.99. The van der Waals surface area contributed by atoms with Gasteiger partial charge in [-0.1, -0.05) is 12.8 Å². The summed E-state index contributed by atoms with van der Waals surface area (Å²) in [5.41, 5.74) is -0.501. The third-order valence-corrected chi connectivity index (χ3v) is 4.07. The van der Waals surface area contributed by atoms with Crippen molar-refractivity contribution < 1.29 is 28.9 Å². The van der Waals surface area contributed by atoms with Crippen molar-refractivity contribution in [3.63, 3.8) is 0 Å². The van der Waals surface area contributed by atoms with Gasteiger partial charge in [0.25, 0.3) is 0 Å². The summed E-state index contributed by atoms with van der Waals surface area (Å²) >= 11 is 0. The van der Waals surface area contributed by atoms with E-state index < -0.39 is 17.8 Å². The highest BCUT2D eigenvalue weighted by molar-refractivity contribution is 5.67. The number of ether oxygens (including phenoxy) is 3. The zero-order chi connectivity index (χ0) is 18.7. The van der Waals surface area contributed by atoms with Gasteiger partial charge < -0.3 is 24.6 Å². The molecule has 25 heavy (non-hydrogen) atoms. The summed E-state index contributed by atoms with van der Waals surface area (Å²) in [5.74, 6) is 0.268. The molecule has 0 radical (unpaired) electrons. The van der Waals surface area contributed by atoms with Crippen LogP contribution in [0.25, 0.3) is 0 Å². The quantitative estimate of drug-likeness (QED) is 0.411. The number of aliphatic hydroxyl groups is 1. The monoisotopic (exact) mass is 359 g/mol. The lowest BCUT2D eigenvalue weighted by molar-refractivity contribution is -0.00789. The molecule has 0 spiro atoms. The van der Waals surface area contributed by atoms with Crippen molar-refractivity contribution in [1.29, 1.82) is 0 Å². The minimum atomic E-state index is -0.710. The summed E-state index contributed by atoms with van der Waals surface area (Å²) < 4.78 is 15.5. The summed E-state index contributed by atoms with van der Waals surface area (Å²) in [7, 11) is 0. The average Bonchev–Trinajstić information content (AvgIpc) is 2.73. The lowest BCUT2D eigenvalue weighted by Crippen LogP contribution is -2.33. The number of hydrogen-bond donors (Lipinski definition) is 2. The zero-order valence-electron chi connectivity index (χ0n) is 15.7. The van der Waals surface area contributed by atoms with Crippen LogP contribution in [0.1, 0.15) is 65.7 Å². The normalized spacial score (nSPS) is 21.1. The lowest BCUT2D eigenvalue weighted by atomic mass is 9.92. The second-order valence-electron chi connectivity index (χ2n) is 7.45. The molecule has 7 heteroatoms. The Morgan fingerprint density at radius 2 is 1.88 bits per heavy atom. The fraction of sp³-hybridized carbons (Fsp3) is 0.889. The van der Waals surface area contributed by atoms with E-state index in [1.54, 1.807) is 0 Å². The Morgan fingerprint density at radius 1 is 1.16 bits per heavy atom. The maximum absolute atomic E-state index is 11.7. The van der Waals surface area contributed by atoms with Gasteiger partial charge in [0.1, 0.15) is 18.3 Å². The van der Waals surface area contributed by atoms with Crippen molar-refractivity contribution in [1.82, 2.24) is 5.32 Å². The Balaban J connectivity index is 2.36. The number of aliphatic hydroxyl groups excluding tert-OH is 1. The number of rotatable bonds is 7. The van der Waals surface area contributed by atoms with Crippen LogP contribution in [-0.2, 0) is 14.2 Å². The molecule has 1 saturated carbocycles. The van der Waals surface area contributed by atoms with Crippen molar-refractivity contribution >= 4 is 12.2 Å². The first kappa shape index (κ1) is 21.5. The molecule has 2 atom stereocenters. The van der Waals surface area contributed by atoms with Crippen LogP contribution in [-0.4, -0.2) is 48.8 Å². The molecule has 7 nitrogen and oxygen atoms in total. The molecule has 0 aromatic heterocycles. The Bertz CT molecular complexity index is 407. The Hall–Kier alpha value is -1.50. The van der Waals surface area contributed by atoms with Gasteiger partial charge >= 0.3 is 12.2 Å². The number of carbonyl (C=O) groups excluding carboxylic acids is 2. The molecule has 2 unspecified atom stereocenters. The first-order valence-electron chi connectivity index (χ1n) is 9.23. The van der Waals surface area contributed by atoms with Crippen LogP contribution in [0, 0.1) is 5.92 Å². The maximum atomic E-state index is 11.7. The summed E-state index contributed by atoms with van der Waals surface area (Å²) in [6, 6.07) is 0. The van der Waals surface area contributed by atoms with E-state index >= 15 is 0 Å². The average molecular weight is 359 g/mol. The van der Waals surface area contributed by atoms with Gasteiger partial charge in [-0.3, -0.25) is 0 Å². The largest absolute Gasteiger partial charge is 0.508 e. The second kappa shape index (κ2) is 11.2. The van der Waals surface area contributed by atoms with Gasteiger partial charge in [-0.15, -0.1) is 0 Å². The molecule has 1 amide bonds. The predicted octanol–water partition coefficient (Wildman–Crippen LogP) is 3.39. The molecule has 1 aliphatic carbocycles. The molecule has 0 aromatic carbocycles. The first-order valence-corrected chi connectivity index (χ1v) is 9.23. The summed E-state index contributed by atoms with van der Waals surface area (Å²) in [6.07, 6.45) is 5.52. The maximum Gasteiger partial charge on any atom is 0.508 e. The fourth-order valence-corrected chi connectivity index (χ4v) is 2.99. The third-order valence-electron chi connectivity index (χ3n) is 4.07. The van der Waals surface area contributed by atoms with Crippen molar-refractivity contribution in [2.75, 3.05) is 19.8 Å². The Morgan fingerprint density at radius 3 is 2.56 bits per heavy atom. The number of carbonyl (C=O) groups is 2. The zero-order valence-corrected chi connectivity index (χ0v) is 15.7. The molecule has 1 fully saturated rings. The summed E-state index contributed by atoms with van der Waals surface area (Å²) in [5, 5.41) is 11.5. The molecule has 0 aromatic rings. The lowest BCUT2D eigenvalue weighted by Gasteiger charge is -2.25. The highest BCUT2D eigenvalue weighted by atomic mass is 16.7. The molecule has 2 N–H and O–H groups in total. The van der Waals surface area contributed by atoms with E-state index in [1.807, 2.05) is 20.8 Å². The molecule has 0 aliphatic heterocycles. The van der Waals surface area contributed by atoms with Crippen LogP contribution in [0.15, 0.2) is 0 Å². The van der Waals surface area contributed by atoms with Crippen molar-refractivity contribution in [2.45, 2.75) is 77.4 Å². The summed E-state index contributed by atoms with van der Waals surface area (Å²) in [4.78, 5) is 23.3. The minimum Gasteiger partial charge on any atom is -0.444 e. The van der Waals surface area contributed by atoms with Gasteiger partial charge in [0.05, 0.1) is 6.61 Å². The van der Waals surface area contributed by atoms with E-state index in [0.29, 0.717) is 6.54 Å². The van der Waals surface area contributed by atoms with E-state index in [0.717, 1.165) is 44.9 Å². The van der Waals surface area contributed by atoms with Gasteiger partial charge in [0.15, 0.2) is 0 Å². The standard InChI is InChI=1S/C18H33NO6/c1-18(2,3)25-16(21)19-11-7-9-14-8-5-4-6-10-15(14)24-17(22)23-13-12-20/h14-15,20H,4-13H2,1-3H3,(H,19,21). The predicted molar refractivity (Wildman–Crippen MR) is 93.4 cm³/mol. The van der Waals surface area contributed by atoms with Crippen LogP contribution in [0.5, 0.6) is 0 Å². The van der Waals surface area contributed by atoms with Gasteiger partial charge in [0, 0.05) is 6.54 Å². The molecular weight excluding hydrogens is 326 g/mol. The SMILES string of the molecule is CC(C)(C)OC(=O)NCCCC1CCCCCC1OC(=O)OCCO. The molecule has 1 aliphatic rings. The van der Waals surface area contributed by atoms with Gasteiger partial charge in [0.2, 0.25) is 0 Å². The summed E-state index contributed by atoms with van der Waals surface area (Å²) in [6.45, 7) is 5.77. The Kier molecular flexibility index (Phi) is 9.63. The third kappa shape index (κ3) is 10.2. The van der Waals surface area contributed by atoms with E-state index in [4.69, 9.17) is 19.3 Å². The van der Waals surface area contributed by atoms with Crippen LogP contribution < -0.4 is 5.32 Å². The number of nitrogens with one attached hydrogen (secondary N) is 1. The van der Waals surface area contributed by atoms with E-state index in [9.17, 15) is 9.59 Å². The highest BCUT2D eigenvalue weighted by Crippen LogP contribution is 2.29. The molecule has 0 heterocycles. The minimum absolute atomic E-state index is 0.0456. The van der Waals surface area contributed by atoms with Crippen LogP contribution in [0.3, 0.4) is 0 Å². The van der Waals surface area contributed by atoms with Gasteiger partial charge in [-0.25, -0.2) is 9.59 Å². The second-order valence-corrected chi connectivity index (χ2v) is 7.45. The van der Waals surface area contributed by atoms with Gasteiger partial charge in [-0.05, 0) is 58.8 Å². The van der Waals surface area contributed by atoms with Crippen molar-refractivity contribution in [3.05, 3.63) is 0 Å². The topological polar surface area (TPSA) is 94.1 Å². The number of hydrogen-bond acceptors (Lipinski definition) is 6. The van der Waals surface area contributed by atoms with E-state index in [2.05, 4.69) is 5.32 Å². The molecular formula is C18H33NO6. The van der Waals surface area contributed by atoms with Crippen LogP contribution in [0.2, 0.25) is 0 Å². The van der Waals surface area contributed by atoms with Gasteiger partial charge in [-0.2, -0.15) is 0 Å². The van der Waals surface area contributed by atoms with E-state index in [-0.39, 0.29) is 25.2 Å². The highest BCUT2D eigenvalue weighted by Gasteiger charge is 2.27. The van der Waals surface area contributed by atoms with Crippen LogP contribution >= 0.6 is 0 Å². The van der Waals surface area contributed by atoms with E-state index in [1.165, 1.54) is 0 Å². The Labute approximate surface area is 150 Å². The van der Waals surface area contributed by atoms with Crippen LogP contribution in [0.4, 0.5) is 9.59 Å². The molecule has 146 valence electrons. The first-order chi connectivity index (χ1) is 11.8. The number of alkyl carbamates (subject to hydrolysis) is 1. The molecule has 1 rings (SSSR count). The molecule has 0 saturated heterocycles. The number of amides is 1. The van der Waals surface area contributed by atoms with Crippen molar-refractivity contribution in [2.24, 2.45) is 5.92 Å². The smallest absolute Gasteiger partial charge is 0.444 e. The van der Waals surface area contributed by atoms with Crippen molar-refractivity contribution in [3.8, 4) is 0 Å². The molecule has 0 bridgehead atoms.